The van der Waals surface area contributed by atoms with E-state index in [2.05, 4.69) is 16.0 Å². The van der Waals surface area contributed by atoms with E-state index >= 15 is 0 Å². The van der Waals surface area contributed by atoms with Crippen LogP contribution in [0.15, 0.2) is 48.8 Å². The lowest BCUT2D eigenvalue weighted by molar-refractivity contribution is 0.0510. The summed E-state index contributed by atoms with van der Waals surface area (Å²) < 4.78 is 5.58. The Morgan fingerprint density at radius 2 is 1.96 bits per heavy atom. The van der Waals surface area contributed by atoms with E-state index in [0.717, 1.165) is 36.8 Å². The number of carbonyl (C=O) groups excluding carboxylic acids is 1. The summed E-state index contributed by atoms with van der Waals surface area (Å²) in [5.74, 6) is 0. The highest BCUT2D eigenvalue weighted by Crippen LogP contribution is 2.37. The Kier molecular flexibility index (Phi) is 4.89. The third kappa shape index (κ3) is 3.58. The molecule has 6 heteroatoms. The van der Waals surface area contributed by atoms with Crippen molar-refractivity contribution in [3.63, 3.8) is 0 Å². The van der Waals surface area contributed by atoms with Crippen LogP contribution in [0.5, 0.6) is 0 Å². The van der Waals surface area contributed by atoms with Crippen LogP contribution in [0.1, 0.15) is 36.8 Å². The molecule has 1 saturated heterocycles. The molecular formula is C20H20ClN3O2. The lowest BCUT2D eigenvalue weighted by atomic mass is 9.83. The van der Waals surface area contributed by atoms with E-state index in [-0.39, 0.29) is 23.5 Å². The minimum atomic E-state index is -0.230. The number of halogens is 1. The summed E-state index contributed by atoms with van der Waals surface area (Å²) in [6.07, 6.45) is 9.29. The smallest absolute Gasteiger partial charge is 0.410 e. The number of hydrogen-bond donors (Lipinski definition) is 0. The fraction of sp³-hybridized carbons (Fsp3) is 0.350. The molecule has 26 heavy (non-hydrogen) atoms. The second kappa shape index (κ2) is 7.46. The van der Waals surface area contributed by atoms with Crippen molar-refractivity contribution < 1.29 is 9.53 Å². The average molecular weight is 370 g/mol. The molecule has 2 aromatic rings. The summed E-state index contributed by atoms with van der Waals surface area (Å²) in [7, 11) is 0. The van der Waals surface area contributed by atoms with Crippen molar-refractivity contribution in [2.75, 3.05) is 0 Å². The van der Waals surface area contributed by atoms with Crippen LogP contribution in [-0.2, 0) is 11.3 Å². The predicted molar refractivity (Wildman–Crippen MR) is 99.5 cm³/mol. The minimum absolute atomic E-state index is 0.0662. The summed E-state index contributed by atoms with van der Waals surface area (Å²) in [5.41, 5.74) is 3.16. The van der Waals surface area contributed by atoms with Crippen molar-refractivity contribution in [2.45, 2.75) is 44.4 Å². The molecule has 2 aliphatic heterocycles. The third-order valence-electron chi connectivity index (χ3n) is 5.04. The zero-order valence-corrected chi connectivity index (χ0v) is 15.1. The highest BCUT2D eigenvalue weighted by Gasteiger charge is 2.38. The highest BCUT2D eigenvalue weighted by atomic mass is 35.5. The Hall–Kier alpha value is -2.40. The van der Waals surface area contributed by atoms with Gasteiger partial charge in [0.25, 0.3) is 0 Å². The zero-order chi connectivity index (χ0) is 17.9. The Morgan fingerprint density at radius 3 is 2.69 bits per heavy atom. The number of fused-ring (bicyclic) bond motifs is 2. The van der Waals surface area contributed by atoms with Gasteiger partial charge in [0, 0.05) is 24.0 Å². The van der Waals surface area contributed by atoms with E-state index in [4.69, 9.17) is 16.3 Å². The zero-order valence-electron chi connectivity index (χ0n) is 14.3. The van der Waals surface area contributed by atoms with Crippen molar-refractivity contribution in [2.24, 2.45) is 0 Å². The Balaban J connectivity index is 1.49. The first-order valence-electron chi connectivity index (χ1n) is 8.88. The molecule has 0 aliphatic carbocycles. The van der Waals surface area contributed by atoms with Gasteiger partial charge in [0.05, 0.1) is 6.04 Å². The van der Waals surface area contributed by atoms with Crippen LogP contribution in [0, 0.1) is 0 Å². The fourth-order valence-corrected chi connectivity index (χ4v) is 3.90. The first kappa shape index (κ1) is 17.0. The van der Waals surface area contributed by atoms with Crippen molar-refractivity contribution >= 4 is 23.3 Å². The highest BCUT2D eigenvalue weighted by molar-refractivity contribution is 6.28. The van der Waals surface area contributed by atoms with Crippen LogP contribution < -0.4 is 0 Å². The second-order valence-corrected chi connectivity index (χ2v) is 7.07. The van der Waals surface area contributed by atoms with Gasteiger partial charge in [0.15, 0.2) is 0 Å². The molecule has 2 atom stereocenters. The number of nitrogens with zero attached hydrogens (tertiary/aromatic N) is 3. The molecule has 0 N–H and O–H groups in total. The molecule has 0 saturated carbocycles. The van der Waals surface area contributed by atoms with Crippen LogP contribution in [0.25, 0.3) is 5.57 Å². The van der Waals surface area contributed by atoms with Crippen LogP contribution in [0.2, 0.25) is 5.28 Å². The summed E-state index contributed by atoms with van der Waals surface area (Å²) in [4.78, 5) is 22.8. The number of ether oxygens (including phenoxy) is 1. The summed E-state index contributed by atoms with van der Waals surface area (Å²) in [6, 6.07) is 9.99. The van der Waals surface area contributed by atoms with Gasteiger partial charge in [-0.1, -0.05) is 36.4 Å². The van der Waals surface area contributed by atoms with Gasteiger partial charge in [0.1, 0.15) is 6.61 Å². The minimum Gasteiger partial charge on any atom is -0.445 e. The third-order valence-corrected chi connectivity index (χ3v) is 5.24. The largest absolute Gasteiger partial charge is 0.445 e. The van der Waals surface area contributed by atoms with E-state index in [1.807, 2.05) is 35.2 Å². The van der Waals surface area contributed by atoms with Crippen molar-refractivity contribution in [1.29, 1.82) is 0 Å². The Morgan fingerprint density at radius 1 is 1.19 bits per heavy atom. The molecule has 2 bridgehead atoms. The average Bonchev–Trinajstić information content (AvgIpc) is 2.66. The lowest BCUT2D eigenvalue weighted by Gasteiger charge is -2.44. The number of amides is 1. The van der Waals surface area contributed by atoms with Crippen LogP contribution in [-0.4, -0.2) is 33.0 Å². The number of carbonyl (C=O) groups is 1. The summed E-state index contributed by atoms with van der Waals surface area (Å²) >= 11 is 5.79. The SMILES string of the molecule is O=C(OCc1ccccc1)N1C2C=C(c3cnc(Cl)nc3)CC1CCC2. The molecule has 0 spiro atoms. The van der Waals surface area contributed by atoms with Gasteiger partial charge in [-0.3, -0.25) is 4.90 Å². The van der Waals surface area contributed by atoms with E-state index in [0.29, 0.717) is 6.61 Å². The number of benzene rings is 1. The molecule has 1 amide bonds. The molecule has 2 aliphatic rings. The van der Waals surface area contributed by atoms with Crippen LogP contribution in [0.4, 0.5) is 4.79 Å². The van der Waals surface area contributed by atoms with Crippen LogP contribution in [0.3, 0.4) is 0 Å². The Bertz CT molecular complexity index is 808. The molecule has 2 unspecified atom stereocenters. The number of hydrogen-bond acceptors (Lipinski definition) is 4. The van der Waals surface area contributed by atoms with E-state index in [1.54, 1.807) is 12.4 Å². The van der Waals surface area contributed by atoms with Crippen molar-refractivity contribution in [3.8, 4) is 0 Å². The van der Waals surface area contributed by atoms with E-state index in [9.17, 15) is 4.79 Å². The summed E-state index contributed by atoms with van der Waals surface area (Å²) in [6.45, 7) is 0.303. The number of rotatable bonds is 3. The number of aromatic nitrogens is 2. The maximum atomic E-state index is 12.7. The second-order valence-electron chi connectivity index (χ2n) is 6.74. The molecule has 3 heterocycles. The normalized spacial score (nSPS) is 21.9. The maximum absolute atomic E-state index is 12.7. The number of piperidine rings is 1. The van der Waals surface area contributed by atoms with Gasteiger partial charge >= 0.3 is 6.09 Å². The lowest BCUT2D eigenvalue weighted by Crippen LogP contribution is -2.51. The fourth-order valence-electron chi connectivity index (χ4n) is 3.80. The van der Waals surface area contributed by atoms with Gasteiger partial charge < -0.3 is 4.74 Å². The molecule has 4 rings (SSSR count). The first-order chi connectivity index (χ1) is 12.7. The molecule has 0 radical (unpaired) electrons. The quantitative estimate of drug-likeness (QED) is 0.748. The van der Waals surface area contributed by atoms with Gasteiger partial charge in [-0.2, -0.15) is 0 Å². The standard InChI is InChI=1S/C20H20ClN3O2/c21-19-22-11-16(12-23-19)15-9-17-7-4-8-18(10-15)24(17)20(25)26-13-14-5-2-1-3-6-14/h1-3,5-6,9,11-12,17-18H,4,7-8,10,13H2. The monoisotopic (exact) mass is 369 g/mol. The summed E-state index contributed by atoms with van der Waals surface area (Å²) in [5, 5.41) is 0.247. The van der Waals surface area contributed by atoms with E-state index in [1.165, 1.54) is 5.57 Å². The van der Waals surface area contributed by atoms with Crippen molar-refractivity contribution in [3.05, 3.63) is 65.2 Å². The van der Waals surface area contributed by atoms with Gasteiger partial charge in [-0.05, 0) is 48.4 Å². The molecule has 1 aromatic heterocycles. The Labute approximate surface area is 157 Å². The topological polar surface area (TPSA) is 55.3 Å². The first-order valence-corrected chi connectivity index (χ1v) is 9.26. The molecule has 5 nitrogen and oxygen atoms in total. The van der Waals surface area contributed by atoms with Gasteiger partial charge in [-0.15, -0.1) is 0 Å². The molecule has 1 fully saturated rings. The van der Waals surface area contributed by atoms with E-state index < -0.39 is 0 Å². The molecular weight excluding hydrogens is 350 g/mol. The predicted octanol–water partition coefficient (Wildman–Crippen LogP) is 4.48. The maximum Gasteiger partial charge on any atom is 0.410 e. The molecule has 1 aromatic carbocycles. The van der Waals surface area contributed by atoms with Gasteiger partial charge in [0.2, 0.25) is 5.28 Å². The van der Waals surface area contributed by atoms with Crippen molar-refractivity contribution in [1.82, 2.24) is 14.9 Å². The molecule has 134 valence electrons. The van der Waals surface area contributed by atoms with Crippen LogP contribution >= 0.6 is 11.6 Å². The van der Waals surface area contributed by atoms with Gasteiger partial charge in [-0.25, -0.2) is 14.8 Å².